The van der Waals surface area contributed by atoms with Crippen molar-refractivity contribution in [3.05, 3.63) is 47.1 Å². The normalized spacial score (nSPS) is 15.2. The molecule has 0 N–H and O–H groups in total. The maximum absolute atomic E-state index is 11.3. The summed E-state index contributed by atoms with van der Waals surface area (Å²) in [5.74, 6) is -0.237. The fraction of sp³-hybridized carbons (Fsp3) is 0.471. The SMILES string of the molecule is CCN(CC)CC.CCOC(=O)C1=CC2=CC=CC2=C1. The quantitative estimate of drug-likeness (QED) is 0.721. The van der Waals surface area contributed by atoms with E-state index in [1.54, 1.807) is 6.92 Å². The lowest BCUT2D eigenvalue weighted by atomic mass is 10.2. The molecule has 0 bridgehead atoms. The highest BCUT2D eigenvalue weighted by atomic mass is 16.5. The van der Waals surface area contributed by atoms with E-state index < -0.39 is 0 Å². The second-order valence-electron chi connectivity index (χ2n) is 4.52. The van der Waals surface area contributed by atoms with Gasteiger partial charge in [0.1, 0.15) is 0 Å². The van der Waals surface area contributed by atoms with Gasteiger partial charge in [0, 0.05) is 0 Å². The predicted octanol–water partition coefficient (Wildman–Crippen LogP) is 3.26. The zero-order valence-corrected chi connectivity index (χ0v) is 13.0. The third-order valence-electron chi connectivity index (χ3n) is 3.36. The van der Waals surface area contributed by atoms with E-state index in [1.807, 2.05) is 30.4 Å². The van der Waals surface area contributed by atoms with Crippen LogP contribution in [0.3, 0.4) is 0 Å². The maximum Gasteiger partial charge on any atom is 0.338 e. The van der Waals surface area contributed by atoms with Gasteiger partial charge in [0.2, 0.25) is 0 Å². The van der Waals surface area contributed by atoms with E-state index >= 15 is 0 Å². The van der Waals surface area contributed by atoms with E-state index in [2.05, 4.69) is 25.7 Å². The molecule has 2 rings (SSSR count). The van der Waals surface area contributed by atoms with Gasteiger partial charge in [-0.25, -0.2) is 4.79 Å². The van der Waals surface area contributed by atoms with Crippen LogP contribution in [0.2, 0.25) is 0 Å². The first-order valence-corrected chi connectivity index (χ1v) is 7.37. The molecule has 3 nitrogen and oxygen atoms in total. The van der Waals surface area contributed by atoms with Crippen LogP contribution in [-0.2, 0) is 9.53 Å². The largest absolute Gasteiger partial charge is 0.462 e. The number of hydrogen-bond acceptors (Lipinski definition) is 3. The Balaban J connectivity index is 0.000000246. The van der Waals surface area contributed by atoms with Crippen LogP contribution >= 0.6 is 0 Å². The van der Waals surface area contributed by atoms with E-state index in [1.165, 1.54) is 19.6 Å². The Bertz CT molecular complexity index is 446. The van der Waals surface area contributed by atoms with Gasteiger partial charge in [0.25, 0.3) is 0 Å². The third kappa shape index (κ3) is 4.49. The molecule has 0 radical (unpaired) electrons. The number of ether oxygens (including phenoxy) is 1. The van der Waals surface area contributed by atoms with Crippen molar-refractivity contribution >= 4 is 5.97 Å². The molecule has 3 heteroatoms. The van der Waals surface area contributed by atoms with Gasteiger partial charge in [-0.1, -0.05) is 39.0 Å². The molecule has 0 unspecified atom stereocenters. The van der Waals surface area contributed by atoms with Crippen molar-refractivity contribution in [2.75, 3.05) is 26.2 Å². The zero-order valence-electron chi connectivity index (χ0n) is 13.0. The highest BCUT2D eigenvalue weighted by Gasteiger charge is 2.18. The highest BCUT2D eigenvalue weighted by molar-refractivity contribution is 5.95. The van der Waals surface area contributed by atoms with Gasteiger partial charge < -0.3 is 9.64 Å². The molecular formula is C17H25NO2. The molecule has 0 saturated heterocycles. The Morgan fingerprint density at radius 1 is 1.05 bits per heavy atom. The monoisotopic (exact) mass is 275 g/mol. The molecule has 2 aliphatic rings. The number of esters is 1. The third-order valence-corrected chi connectivity index (χ3v) is 3.36. The first-order chi connectivity index (χ1) is 9.65. The van der Waals surface area contributed by atoms with Crippen LogP contribution in [0.5, 0.6) is 0 Å². The molecule has 0 aliphatic heterocycles. The number of carbonyl (C=O) groups is 1. The van der Waals surface area contributed by atoms with Gasteiger partial charge >= 0.3 is 5.97 Å². The van der Waals surface area contributed by atoms with Crippen LogP contribution < -0.4 is 0 Å². The molecule has 0 amide bonds. The Morgan fingerprint density at radius 2 is 1.70 bits per heavy atom. The fourth-order valence-electron chi connectivity index (χ4n) is 2.09. The summed E-state index contributed by atoms with van der Waals surface area (Å²) in [6.07, 6.45) is 9.65. The van der Waals surface area contributed by atoms with Crippen LogP contribution in [0.15, 0.2) is 47.1 Å². The summed E-state index contributed by atoms with van der Waals surface area (Å²) in [6.45, 7) is 12.4. The van der Waals surface area contributed by atoms with Gasteiger partial charge in [-0.15, -0.1) is 0 Å². The molecule has 0 aromatic rings. The van der Waals surface area contributed by atoms with Crippen molar-refractivity contribution in [1.82, 2.24) is 4.90 Å². The van der Waals surface area contributed by atoms with E-state index in [4.69, 9.17) is 4.74 Å². The summed E-state index contributed by atoms with van der Waals surface area (Å²) in [5.41, 5.74) is 2.85. The Morgan fingerprint density at radius 3 is 2.15 bits per heavy atom. The minimum atomic E-state index is -0.237. The van der Waals surface area contributed by atoms with Crippen LogP contribution in [0.25, 0.3) is 0 Å². The van der Waals surface area contributed by atoms with E-state index in [0.717, 1.165) is 11.1 Å². The van der Waals surface area contributed by atoms with Gasteiger partial charge in [0.15, 0.2) is 0 Å². The number of allylic oxidation sites excluding steroid dienone is 6. The van der Waals surface area contributed by atoms with Crippen molar-refractivity contribution in [3.8, 4) is 0 Å². The van der Waals surface area contributed by atoms with Crippen molar-refractivity contribution < 1.29 is 9.53 Å². The van der Waals surface area contributed by atoms with Crippen molar-refractivity contribution in [2.24, 2.45) is 0 Å². The van der Waals surface area contributed by atoms with Crippen molar-refractivity contribution in [2.45, 2.75) is 27.7 Å². The minimum absolute atomic E-state index is 0.237. The van der Waals surface area contributed by atoms with Gasteiger partial charge in [-0.05, 0) is 49.9 Å². The highest BCUT2D eigenvalue weighted by Crippen LogP contribution is 2.28. The Labute approximate surface area is 122 Å². The second-order valence-corrected chi connectivity index (χ2v) is 4.52. The summed E-state index contributed by atoms with van der Waals surface area (Å²) in [4.78, 5) is 13.7. The lowest BCUT2D eigenvalue weighted by Crippen LogP contribution is -2.21. The molecule has 110 valence electrons. The number of rotatable bonds is 5. The molecule has 0 aromatic carbocycles. The first-order valence-electron chi connectivity index (χ1n) is 7.37. The topological polar surface area (TPSA) is 29.5 Å². The summed E-state index contributed by atoms with van der Waals surface area (Å²) in [6, 6.07) is 0. The molecule has 0 fully saturated rings. The molecule has 0 aromatic heterocycles. The predicted molar refractivity (Wildman–Crippen MR) is 83.5 cm³/mol. The fourth-order valence-corrected chi connectivity index (χ4v) is 2.09. The van der Waals surface area contributed by atoms with Crippen LogP contribution in [0.1, 0.15) is 27.7 Å². The average molecular weight is 275 g/mol. The molecule has 0 atom stereocenters. The van der Waals surface area contributed by atoms with E-state index in [-0.39, 0.29) is 5.97 Å². The maximum atomic E-state index is 11.3. The number of nitrogens with zero attached hydrogens (tertiary/aromatic N) is 1. The van der Waals surface area contributed by atoms with Gasteiger partial charge in [0.05, 0.1) is 12.2 Å². The standard InChI is InChI=1S/C11H10O2.C6H15N/c1-2-13-11(12)10-6-8-4-3-5-9(8)7-10;1-4-7(5-2)6-3/h3-7H,2H2,1H3;4-6H2,1-3H3. The number of carbonyl (C=O) groups excluding carboxylic acids is 1. The molecule has 0 saturated carbocycles. The van der Waals surface area contributed by atoms with Crippen molar-refractivity contribution in [1.29, 1.82) is 0 Å². The molecule has 0 spiro atoms. The summed E-state index contributed by atoms with van der Waals surface area (Å²) < 4.78 is 4.89. The Kier molecular flexibility index (Phi) is 7.02. The lowest BCUT2D eigenvalue weighted by Gasteiger charge is -2.13. The van der Waals surface area contributed by atoms with Crippen molar-refractivity contribution in [3.63, 3.8) is 0 Å². The molecule has 0 heterocycles. The number of hydrogen-bond donors (Lipinski definition) is 0. The van der Waals surface area contributed by atoms with E-state index in [9.17, 15) is 4.79 Å². The summed E-state index contributed by atoms with van der Waals surface area (Å²) in [5, 5.41) is 0. The lowest BCUT2D eigenvalue weighted by molar-refractivity contribution is -0.138. The molecule has 2 aliphatic carbocycles. The smallest absolute Gasteiger partial charge is 0.338 e. The Hall–Kier alpha value is -1.61. The molecular weight excluding hydrogens is 250 g/mol. The molecule has 20 heavy (non-hydrogen) atoms. The van der Waals surface area contributed by atoms with Crippen LogP contribution in [0, 0.1) is 0 Å². The summed E-state index contributed by atoms with van der Waals surface area (Å²) >= 11 is 0. The zero-order chi connectivity index (χ0) is 15.0. The summed E-state index contributed by atoms with van der Waals surface area (Å²) in [7, 11) is 0. The van der Waals surface area contributed by atoms with Crippen LogP contribution in [0.4, 0.5) is 0 Å². The van der Waals surface area contributed by atoms with E-state index in [0.29, 0.717) is 12.2 Å². The van der Waals surface area contributed by atoms with Gasteiger partial charge in [-0.3, -0.25) is 0 Å². The number of fused-ring (bicyclic) bond motifs is 1. The van der Waals surface area contributed by atoms with Crippen LogP contribution in [-0.4, -0.2) is 37.1 Å². The second kappa shape index (κ2) is 8.54. The minimum Gasteiger partial charge on any atom is -0.462 e. The average Bonchev–Trinajstić information content (AvgIpc) is 3.02. The first kappa shape index (κ1) is 16.4. The van der Waals surface area contributed by atoms with Gasteiger partial charge in [-0.2, -0.15) is 0 Å².